The molecule has 1 unspecified atom stereocenters. The van der Waals surface area contributed by atoms with Crippen LogP contribution in [0.5, 0.6) is 0 Å². The smallest absolute Gasteiger partial charge is 0.410 e. The minimum Gasteiger partial charge on any atom is -0.444 e. The number of hydrogen-bond acceptors (Lipinski definition) is 5. The van der Waals surface area contributed by atoms with Crippen molar-refractivity contribution in [3.63, 3.8) is 0 Å². The molecule has 8 nitrogen and oxygen atoms in total. The third-order valence-corrected chi connectivity index (χ3v) is 5.27. The number of hydrogen-bond donors (Lipinski definition) is 1. The SMILES string of the molecule is CCNC(=NCCN(C)C(=O)OC(C)(C)C)N1CCC(OCC2CCCCO2)CC1. The highest BCUT2D eigenvalue weighted by molar-refractivity contribution is 5.80. The molecule has 0 aliphatic carbocycles. The molecule has 30 heavy (non-hydrogen) atoms. The van der Waals surface area contributed by atoms with E-state index in [0.717, 1.165) is 58.1 Å². The van der Waals surface area contributed by atoms with Gasteiger partial charge in [0.1, 0.15) is 5.60 Å². The number of amides is 1. The Kier molecular flexibility index (Phi) is 10.2. The van der Waals surface area contributed by atoms with Crippen molar-refractivity contribution in [2.24, 2.45) is 4.99 Å². The zero-order valence-corrected chi connectivity index (χ0v) is 19.6. The number of ether oxygens (including phenoxy) is 3. The maximum absolute atomic E-state index is 12.1. The van der Waals surface area contributed by atoms with E-state index in [1.807, 2.05) is 20.8 Å². The van der Waals surface area contributed by atoms with Crippen molar-refractivity contribution in [2.45, 2.75) is 77.6 Å². The molecule has 8 heteroatoms. The Morgan fingerprint density at radius 1 is 1.23 bits per heavy atom. The van der Waals surface area contributed by atoms with Gasteiger partial charge in [-0.25, -0.2) is 4.79 Å². The van der Waals surface area contributed by atoms with E-state index in [2.05, 4.69) is 17.1 Å². The molecule has 2 rings (SSSR count). The molecular weight excluding hydrogens is 384 g/mol. The van der Waals surface area contributed by atoms with Crippen molar-refractivity contribution >= 4 is 12.1 Å². The third-order valence-electron chi connectivity index (χ3n) is 5.27. The summed E-state index contributed by atoms with van der Waals surface area (Å²) in [7, 11) is 1.75. The van der Waals surface area contributed by atoms with E-state index in [1.54, 1.807) is 11.9 Å². The van der Waals surface area contributed by atoms with Crippen LogP contribution in [0.15, 0.2) is 4.99 Å². The fourth-order valence-corrected chi connectivity index (χ4v) is 3.58. The predicted molar refractivity (Wildman–Crippen MR) is 119 cm³/mol. The van der Waals surface area contributed by atoms with Crippen LogP contribution in [0, 0.1) is 0 Å². The molecule has 0 bridgehead atoms. The quantitative estimate of drug-likeness (QED) is 0.498. The Bertz CT molecular complexity index is 536. The highest BCUT2D eigenvalue weighted by Crippen LogP contribution is 2.18. The normalized spacial score (nSPS) is 21.4. The first-order chi connectivity index (χ1) is 14.3. The number of nitrogens with one attached hydrogen (secondary N) is 1. The maximum Gasteiger partial charge on any atom is 0.410 e. The zero-order chi connectivity index (χ0) is 22.0. The maximum atomic E-state index is 12.1. The van der Waals surface area contributed by atoms with Gasteiger partial charge in [-0.2, -0.15) is 0 Å². The molecule has 2 aliphatic heterocycles. The summed E-state index contributed by atoms with van der Waals surface area (Å²) in [6.45, 7) is 13.0. The summed E-state index contributed by atoms with van der Waals surface area (Å²) >= 11 is 0. The van der Waals surface area contributed by atoms with Gasteiger partial charge in [0.05, 0.1) is 25.4 Å². The molecular formula is C22H42N4O4. The Morgan fingerprint density at radius 3 is 2.57 bits per heavy atom. The molecule has 0 spiro atoms. The average Bonchev–Trinajstić information content (AvgIpc) is 2.71. The molecule has 2 aliphatic rings. The largest absolute Gasteiger partial charge is 0.444 e. The molecule has 1 N–H and O–H groups in total. The van der Waals surface area contributed by atoms with Gasteiger partial charge in [0.25, 0.3) is 0 Å². The fourth-order valence-electron chi connectivity index (χ4n) is 3.58. The summed E-state index contributed by atoms with van der Waals surface area (Å²) < 4.78 is 17.3. The average molecular weight is 427 g/mol. The monoisotopic (exact) mass is 426 g/mol. The van der Waals surface area contributed by atoms with Gasteiger partial charge in [-0.05, 0) is 59.8 Å². The summed E-state index contributed by atoms with van der Waals surface area (Å²) in [4.78, 5) is 20.7. The summed E-state index contributed by atoms with van der Waals surface area (Å²) in [5.74, 6) is 0.907. The van der Waals surface area contributed by atoms with E-state index >= 15 is 0 Å². The molecule has 0 radical (unpaired) electrons. The molecule has 1 atom stereocenters. The summed E-state index contributed by atoms with van der Waals surface area (Å²) in [6.07, 6.45) is 5.79. The molecule has 0 aromatic heterocycles. The summed E-state index contributed by atoms with van der Waals surface area (Å²) in [5, 5.41) is 3.37. The number of likely N-dealkylation sites (tertiary alicyclic amines) is 1. The standard InChI is InChI=1S/C22H42N4O4/c1-6-23-20(24-12-15-25(5)21(27)30-22(2,3)4)26-13-10-18(11-14-26)29-17-19-9-7-8-16-28-19/h18-19H,6-17H2,1-5H3,(H,23,24). The lowest BCUT2D eigenvalue weighted by molar-refractivity contribution is -0.0721. The van der Waals surface area contributed by atoms with Gasteiger partial charge in [-0.15, -0.1) is 0 Å². The highest BCUT2D eigenvalue weighted by atomic mass is 16.6. The van der Waals surface area contributed by atoms with Crippen LogP contribution in [0.1, 0.15) is 59.8 Å². The zero-order valence-electron chi connectivity index (χ0n) is 19.6. The van der Waals surface area contributed by atoms with Gasteiger partial charge in [0, 0.05) is 39.8 Å². The second kappa shape index (κ2) is 12.3. The molecule has 0 aromatic carbocycles. The molecule has 2 heterocycles. The van der Waals surface area contributed by atoms with Crippen molar-refractivity contribution in [3.8, 4) is 0 Å². The van der Waals surface area contributed by atoms with Crippen molar-refractivity contribution in [1.29, 1.82) is 0 Å². The van der Waals surface area contributed by atoms with Crippen LogP contribution in [0.4, 0.5) is 4.79 Å². The van der Waals surface area contributed by atoms with Crippen LogP contribution in [0.2, 0.25) is 0 Å². The van der Waals surface area contributed by atoms with Crippen molar-refractivity contribution in [1.82, 2.24) is 15.1 Å². The van der Waals surface area contributed by atoms with Crippen LogP contribution < -0.4 is 5.32 Å². The lowest BCUT2D eigenvalue weighted by Gasteiger charge is -2.35. The number of piperidine rings is 1. The van der Waals surface area contributed by atoms with Gasteiger partial charge in [-0.3, -0.25) is 4.99 Å². The Labute approximate surface area is 182 Å². The molecule has 1 amide bonds. The van der Waals surface area contributed by atoms with Gasteiger partial charge >= 0.3 is 6.09 Å². The van der Waals surface area contributed by atoms with E-state index < -0.39 is 5.60 Å². The van der Waals surface area contributed by atoms with E-state index in [1.165, 1.54) is 12.8 Å². The fraction of sp³-hybridized carbons (Fsp3) is 0.909. The Hall–Kier alpha value is -1.54. The van der Waals surface area contributed by atoms with Gasteiger partial charge in [0.15, 0.2) is 5.96 Å². The minimum absolute atomic E-state index is 0.276. The van der Waals surface area contributed by atoms with E-state index in [0.29, 0.717) is 19.2 Å². The van der Waals surface area contributed by atoms with E-state index in [9.17, 15) is 4.79 Å². The first-order valence-corrected chi connectivity index (χ1v) is 11.5. The Morgan fingerprint density at radius 2 is 1.97 bits per heavy atom. The summed E-state index contributed by atoms with van der Waals surface area (Å²) in [5.41, 5.74) is -0.487. The molecule has 0 saturated carbocycles. The first kappa shape index (κ1) is 24.7. The second-order valence-electron chi connectivity index (χ2n) is 9.15. The number of carbonyl (C=O) groups excluding carboxylic acids is 1. The third kappa shape index (κ3) is 9.08. The second-order valence-corrected chi connectivity index (χ2v) is 9.15. The molecule has 174 valence electrons. The van der Waals surface area contributed by atoms with Crippen molar-refractivity contribution in [2.75, 3.05) is 53.0 Å². The minimum atomic E-state index is -0.487. The van der Waals surface area contributed by atoms with Crippen LogP contribution >= 0.6 is 0 Å². The number of rotatable bonds is 7. The predicted octanol–water partition coefficient (Wildman–Crippen LogP) is 2.87. The van der Waals surface area contributed by atoms with Gasteiger partial charge in [-0.1, -0.05) is 0 Å². The number of guanidine groups is 1. The molecule has 2 saturated heterocycles. The molecule has 0 aromatic rings. The van der Waals surface area contributed by atoms with Crippen molar-refractivity contribution < 1.29 is 19.0 Å². The van der Waals surface area contributed by atoms with Crippen LogP contribution in [-0.4, -0.2) is 92.6 Å². The van der Waals surface area contributed by atoms with E-state index in [4.69, 9.17) is 19.2 Å². The number of aliphatic imine (C=N–C) groups is 1. The first-order valence-electron chi connectivity index (χ1n) is 11.5. The molecule has 2 fully saturated rings. The lowest BCUT2D eigenvalue weighted by Crippen LogP contribution is -2.47. The highest BCUT2D eigenvalue weighted by Gasteiger charge is 2.24. The van der Waals surface area contributed by atoms with Crippen LogP contribution in [-0.2, 0) is 14.2 Å². The summed E-state index contributed by atoms with van der Waals surface area (Å²) in [6, 6.07) is 0. The van der Waals surface area contributed by atoms with Crippen molar-refractivity contribution in [3.05, 3.63) is 0 Å². The number of likely N-dealkylation sites (N-methyl/N-ethyl adjacent to an activating group) is 1. The van der Waals surface area contributed by atoms with Crippen LogP contribution in [0.25, 0.3) is 0 Å². The van der Waals surface area contributed by atoms with Crippen LogP contribution in [0.3, 0.4) is 0 Å². The van der Waals surface area contributed by atoms with Gasteiger partial charge in [0.2, 0.25) is 0 Å². The number of nitrogens with zero attached hydrogens (tertiary/aromatic N) is 3. The van der Waals surface area contributed by atoms with Gasteiger partial charge < -0.3 is 29.3 Å². The number of carbonyl (C=O) groups is 1. The van der Waals surface area contributed by atoms with E-state index in [-0.39, 0.29) is 12.2 Å². The lowest BCUT2D eigenvalue weighted by atomic mass is 10.1. The topological polar surface area (TPSA) is 75.6 Å². The Balaban J connectivity index is 1.74.